The molecule has 3 rings (SSSR count). The molecule has 1 fully saturated rings. The second kappa shape index (κ2) is 8.56. The van der Waals surface area contributed by atoms with Crippen molar-refractivity contribution in [2.24, 2.45) is 0 Å². The normalized spacial score (nSPS) is 17.9. The number of nitrogens with one attached hydrogen (secondary N) is 1. The number of carbonyl (C=O) groups is 1. The van der Waals surface area contributed by atoms with Gasteiger partial charge in [0.15, 0.2) is 0 Å². The predicted octanol–water partition coefficient (Wildman–Crippen LogP) is 6.28. The van der Waals surface area contributed by atoms with Gasteiger partial charge in [-0.05, 0) is 53.9 Å². The van der Waals surface area contributed by atoms with Crippen molar-refractivity contribution < 1.29 is 62.6 Å². The summed E-state index contributed by atoms with van der Waals surface area (Å²) in [5.41, 5.74) is -13.9. The number of carbonyl (C=O) groups excluding carboxylic acids is 1. The highest BCUT2D eigenvalue weighted by atomic mass is 19.4. The van der Waals surface area contributed by atoms with Crippen LogP contribution in [0, 0.1) is 0 Å². The zero-order valence-corrected chi connectivity index (χ0v) is 17.3. The number of rotatable bonds is 3. The van der Waals surface area contributed by atoms with Crippen LogP contribution in [-0.2, 0) is 35.1 Å². The predicted molar refractivity (Wildman–Crippen MR) is 97.1 cm³/mol. The van der Waals surface area contributed by atoms with Gasteiger partial charge in [0.25, 0.3) is 0 Å². The van der Waals surface area contributed by atoms with Crippen LogP contribution in [0.4, 0.5) is 52.7 Å². The largest absolute Gasteiger partial charge is 0.416 e. The first-order chi connectivity index (χ1) is 16.1. The molecule has 0 unspecified atom stereocenters. The maximum absolute atomic E-state index is 13.4. The van der Waals surface area contributed by atoms with E-state index < -0.39 is 88.5 Å². The number of hydrogen-bond acceptors (Lipinski definition) is 2. The third-order valence-corrected chi connectivity index (χ3v) is 5.56. The highest BCUT2D eigenvalue weighted by Crippen LogP contribution is 2.45. The molecular weight excluding hydrogens is 526 g/mol. The Kier molecular flexibility index (Phi) is 6.56. The summed E-state index contributed by atoms with van der Waals surface area (Å²) in [6, 6.07) is -2.60. The maximum Gasteiger partial charge on any atom is 0.416 e. The lowest BCUT2D eigenvalue weighted by Gasteiger charge is -2.36. The third-order valence-electron chi connectivity index (χ3n) is 5.56. The Balaban J connectivity index is 2.43. The number of benzene rings is 2. The van der Waals surface area contributed by atoms with E-state index in [-0.39, 0.29) is 36.4 Å². The van der Waals surface area contributed by atoms with Crippen LogP contribution in [0.15, 0.2) is 36.4 Å². The third kappa shape index (κ3) is 5.39. The molecule has 1 heterocycles. The van der Waals surface area contributed by atoms with Gasteiger partial charge in [-0.1, -0.05) is 0 Å². The Hall–Kier alpha value is -2.97. The summed E-state index contributed by atoms with van der Waals surface area (Å²) >= 11 is 0. The van der Waals surface area contributed by atoms with E-state index in [1.54, 1.807) is 0 Å². The number of halogens is 12. The Morgan fingerprint density at radius 2 is 0.861 bits per heavy atom. The van der Waals surface area contributed by atoms with Crippen LogP contribution < -0.4 is 5.32 Å². The first-order valence-corrected chi connectivity index (χ1v) is 9.75. The minimum atomic E-state index is -5.44. The molecule has 0 aliphatic carbocycles. The molecule has 1 atom stereocenters. The van der Waals surface area contributed by atoms with Gasteiger partial charge in [-0.25, -0.2) is 0 Å². The Bertz CT molecular complexity index is 1020. The van der Waals surface area contributed by atoms with Crippen LogP contribution in [0.5, 0.6) is 0 Å². The number of aliphatic hydroxyl groups is 1. The van der Waals surface area contributed by atoms with E-state index in [1.165, 1.54) is 0 Å². The lowest BCUT2D eigenvalue weighted by atomic mass is 9.77. The Labute approximate surface area is 193 Å². The molecule has 0 saturated carbocycles. The van der Waals surface area contributed by atoms with Crippen molar-refractivity contribution in [3.05, 3.63) is 69.8 Å². The molecule has 1 saturated heterocycles. The summed E-state index contributed by atoms with van der Waals surface area (Å²) in [5, 5.41) is 13.5. The minimum Gasteiger partial charge on any atom is -0.378 e. The average Bonchev–Trinajstić information content (AvgIpc) is 3.16. The molecule has 0 aromatic heterocycles. The molecule has 2 aromatic rings. The van der Waals surface area contributed by atoms with Crippen molar-refractivity contribution in [3.8, 4) is 0 Å². The van der Waals surface area contributed by atoms with E-state index in [9.17, 15) is 62.6 Å². The molecular formula is C21H13F12NO2. The number of amides is 1. The lowest BCUT2D eigenvalue weighted by Crippen LogP contribution is -2.47. The van der Waals surface area contributed by atoms with Crippen LogP contribution >= 0.6 is 0 Å². The summed E-state index contributed by atoms with van der Waals surface area (Å²) in [4.78, 5) is 11.7. The van der Waals surface area contributed by atoms with Crippen LogP contribution in [0.3, 0.4) is 0 Å². The van der Waals surface area contributed by atoms with E-state index in [1.807, 2.05) is 5.32 Å². The van der Waals surface area contributed by atoms with E-state index in [0.29, 0.717) is 0 Å². The fraction of sp³-hybridized carbons (Fsp3) is 0.381. The summed E-state index contributed by atoms with van der Waals surface area (Å²) in [6.45, 7) is 0. The smallest absolute Gasteiger partial charge is 0.378 e. The van der Waals surface area contributed by atoms with Gasteiger partial charge in [0, 0.05) is 6.42 Å². The SMILES string of the molecule is O=C1CC[C@@H](C(O)(c2cc(C(F)(F)F)cc(C(F)(F)F)c2)c2cc(C(F)(F)F)cc(C(F)(F)F)c2)N1. The van der Waals surface area contributed by atoms with Gasteiger partial charge in [-0.15, -0.1) is 0 Å². The van der Waals surface area contributed by atoms with Gasteiger partial charge in [-0.2, -0.15) is 52.7 Å². The molecule has 36 heavy (non-hydrogen) atoms. The Morgan fingerprint density at radius 3 is 1.08 bits per heavy atom. The van der Waals surface area contributed by atoms with Gasteiger partial charge < -0.3 is 10.4 Å². The van der Waals surface area contributed by atoms with Crippen LogP contribution in [0.2, 0.25) is 0 Å². The summed E-state index contributed by atoms with van der Waals surface area (Å²) in [5.74, 6) is -0.885. The molecule has 2 N–H and O–H groups in total. The summed E-state index contributed by atoms with van der Waals surface area (Å²) < 4.78 is 161. The number of hydrogen-bond donors (Lipinski definition) is 2. The molecule has 1 aliphatic rings. The van der Waals surface area contributed by atoms with Gasteiger partial charge in [0.1, 0.15) is 5.60 Å². The van der Waals surface area contributed by atoms with Crippen LogP contribution in [0.25, 0.3) is 0 Å². The highest BCUT2D eigenvalue weighted by molar-refractivity contribution is 5.79. The zero-order chi connectivity index (χ0) is 27.5. The van der Waals surface area contributed by atoms with Gasteiger partial charge in [-0.3, -0.25) is 4.79 Å². The second-order valence-corrected chi connectivity index (χ2v) is 8.01. The quantitative estimate of drug-likeness (QED) is 0.452. The van der Waals surface area contributed by atoms with E-state index in [0.717, 1.165) is 0 Å². The van der Waals surface area contributed by atoms with Crippen molar-refractivity contribution in [1.29, 1.82) is 0 Å². The van der Waals surface area contributed by atoms with Gasteiger partial charge in [0.2, 0.25) is 5.91 Å². The van der Waals surface area contributed by atoms with E-state index >= 15 is 0 Å². The van der Waals surface area contributed by atoms with E-state index in [2.05, 4.69) is 0 Å². The average molecular weight is 539 g/mol. The maximum atomic E-state index is 13.4. The van der Waals surface area contributed by atoms with Crippen molar-refractivity contribution in [3.63, 3.8) is 0 Å². The first-order valence-electron chi connectivity index (χ1n) is 9.75. The molecule has 1 amide bonds. The molecule has 15 heteroatoms. The van der Waals surface area contributed by atoms with Crippen molar-refractivity contribution in [1.82, 2.24) is 5.32 Å². The van der Waals surface area contributed by atoms with Gasteiger partial charge >= 0.3 is 24.7 Å². The molecule has 198 valence electrons. The zero-order valence-electron chi connectivity index (χ0n) is 17.3. The number of alkyl halides is 12. The molecule has 0 bridgehead atoms. The monoisotopic (exact) mass is 539 g/mol. The second-order valence-electron chi connectivity index (χ2n) is 8.01. The summed E-state index contributed by atoms with van der Waals surface area (Å²) in [7, 11) is 0. The van der Waals surface area contributed by atoms with Crippen molar-refractivity contribution in [2.45, 2.75) is 49.2 Å². The lowest BCUT2D eigenvalue weighted by molar-refractivity contribution is -0.144. The van der Waals surface area contributed by atoms with Crippen LogP contribution in [0.1, 0.15) is 46.2 Å². The molecule has 0 spiro atoms. The van der Waals surface area contributed by atoms with Crippen molar-refractivity contribution >= 4 is 5.91 Å². The molecule has 2 aromatic carbocycles. The Morgan fingerprint density at radius 1 is 0.583 bits per heavy atom. The first kappa shape index (κ1) is 27.6. The standard InChI is InChI=1S/C21H13F12NO2/c22-18(23,24)11-3-9(4-12(7-11)19(25,26)27)17(36,15-1-2-16(35)34-15)10-5-13(20(28,29)30)8-14(6-10)21(31,32)33/h3-8,15,36H,1-2H2,(H,34,35)/t15-/m0/s1. The fourth-order valence-corrected chi connectivity index (χ4v) is 3.85. The fourth-order valence-electron chi connectivity index (χ4n) is 3.85. The van der Waals surface area contributed by atoms with E-state index in [4.69, 9.17) is 0 Å². The minimum absolute atomic E-state index is 0.0206. The summed E-state index contributed by atoms with van der Waals surface area (Å²) in [6.07, 6.45) is -22.8. The van der Waals surface area contributed by atoms with Gasteiger partial charge in [0.05, 0.1) is 28.3 Å². The molecule has 0 radical (unpaired) electrons. The highest BCUT2D eigenvalue weighted by Gasteiger charge is 2.48. The van der Waals surface area contributed by atoms with Crippen LogP contribution in [-0.4, -0.2) is 17.1 Å². The topological polar surface area (TPSA) is 49.3 Å². The molecule has 3 nitrogen and oxygen atoms in total. The molecule has 1 aliphatic heterocycles. The van der Waals surface area contributed by atoms with Crippen molar-refractivity contribution in [2.75, 3.05) is 0 Å².